The highest BCUT2D eigenvalue weighted by atomic mass is 35.5. The lowest BCUT2D eigenvalue weighted by Crippen LogP contribution is -2.48. The summed E-state index contributed by atoms with van der Waals surface area (Å²) in [6.07, 6.45) is 9.88. The molecule has 6 rings (SSSR count). The van der Waals surface area contributed by atoms with Crippen molar-refractivity contribution in [3.63, 3.8) is 0 Å². The summed E-state index contributed by atoms with van der Waals surface area (Å²) in [4.78, 5) is 14.9. The smallest absolute Gasteiger partial charge is 0.0737 e. The molecule has 7 heteroatoms. The monoisotopic (exact) mass is 575 g/mol. The van der Waals surface area contributed by atoms with Crippen LogP contribution in [0.25, 0.3) is 16.6 Å². The van der Waals surface area contributed by atoms with Gasteiger partial charge in [-0.2, -0.15) is 0 Å². The highest BCUT2D eigenvalue weighted by molar-refractivity contribution is 6.31. The predicted molar refractivity (Wildman–Crippen MR) is 170 cm³/mol. The van der Waals surface area contributed by atoms with Crippen LogP contribution in [0.4, 0.5) is 5.69 Å². The van der Waals surface area contributed by atoms with Gasteiger partial charge in [0.05, 0.1) is 5.52 Å². The molecule has 2 aliphatic heterocycles. The number of hydrogen-bond donors (Lipinski definition) is 0. The maximum atomic E-state index is 6.37. The van der Waals surface area contributed by atoms with E-state index in [1.807, 2.05) is 24.4 Å². The number of aromatic nitrogens is 1. The average Bonchev–Trinajstić information content (AvgIpc) is 3.16. The molecule has 0 radical (unpaired) electrons. The number of hydrogen-bond acceptors (Lipinski definition) is 5. The topological polar surface area (TPSA) is 25.9 Å². The molecule has 0 N–H and O–H groups in total. The summed E-state index contributed by atoms with van der Waals surface area (Å²) in [5.41, 5.74) is 7.78. The zero-order valence-corrected chi connectivity index (χ0v) is 25.0. The van der Waals surface area contributed by atoms with Gasteiger partial charge in [0.2, 0.25) is 0 Å². The quantitative estimate of drug-likeness (QED) is 0.316. The molecule has 2 fully saturated rings. The largest absolute Gasteiger partial charge is 0.368 e. The highest BCUT2D eigenvalue weighted by Gasteiger charge is 2.23. The minimum absolute atomic E-state index is 0.739. The van der Waals surface area contributed by atoms with Gasteiger partial charge >= 0.3 is 0 Å². The highest BCUT2D eigenvalue weighted by Crippen LogP contribution is 2.32. The van der Waals surface area contributed by atoms with E-state index in [2.05, 4.69) is 67.9 Å². The number of allylic oxidation sites excluding steroid dienone is 3. The molecule has 0 spiro atoms. The zero-order valence-electron chi connectivity index (χ0n) is 23.5. The van der Waals surface area contributed by atoms with Crippen molar-refractivity contribution in [2.24, 2.45) is 0 Å². The van der Waals surface area contributed by atoms with E-state index in [4.69, 9.17) is 23.2 Å². The Kier molecular flexibility index (Phi) is 8.64. The molecule has 40 heavy (non-hydrogen) atoms. The van der Waals surface area contributed by atoms with Gasteiger partial charge < -0.3 is 9.80 Å². The molecule has 1 aromatic heterocycles. The SMILES string of the molecule is CCC1=CC=C(N2CCN(CCCN3CCN(c4ccnc5cc(Cl)ccc45)CC3)CC2)c2ccc(Cl)cc2C1. The van der Waals surface area contributed by atoms with Crippen LogP contribution in [0.3, 0.4) is 0 Å². The Bertz CT molecular complexity index is 1400. The van der Waals surface area contributed by atoms with Gasteiger partial charge in [0.15, 0.2) is 0 Å². The Morgan fingerprint density at radius 2 is 1.43 bits per heavy atom. The molecule has 3 aliphatic rings. The van der Waals surface area contributed by atoms with Crippen LogP contribution in [-0.2, 0) is 6.42 Å². The lowest BCUT2D eigenvalue weighted by molar-refractivity contribution is 0.162. The normalized spacial score (nSPS) is 18.9. The van der Waals surface area contributed by atoms with Gasteiger partial charge in [0, 0.05) is 90.9 Å². The van der Waals surface area contributed by atoms with Crippen LogP contribution >= 0.6 is 23.2 Å². The Balaban J connectivity index is 0.975. The fraction of sp³-hybridized carbons (Fsp3) is 0.424. The van der Waals surface area contributed by atoms with E-state index in [0.29, 0.717) is 0 Å². The van der Waals surface area contributed by atoms with E-state index >= 15 is 0 Å². The second-order valence-electron chi connectivity index (χ2n) is 11.2. The molecule has 2 saturated heterocycles. The minimum Gasteiger partial charge on any atom is -0.368 e. The molecule has 0 bridgehead atoms. The van der Waals surface area contributed by atoms with Crippen LogP contribution < -0.4 is 4.90 Å². The van der Waals surface area contributed by atoms with E-state index in [1.165, 1.54) is 53.0 Å². The number of piperazine rings is 2. The Morgan fingerprint density at radius 1 is 0.750 bits per heavy atom. The van der Waals surface area contributed by atoms with E-state index in [1.54, 1.807) is 0 Å². The van der Waals surface area contributed by atoms with Crippen molar-refractivity contribution in [1.29, 1.82) is 0 Å². The number of anilines is 1. The first kappa shape index (κ1) is 27.6. The second-order valence-corrected chi connectivity index (χ2v) is 12.1. The molecular formula is C33H39Cl2N5. The number of pyridine rings is 1. The standard InChI is InChI=1S/C33H39Cl2N5/c1-2-25-4-9-32(29-7-5-27(34)23-26(29)22-25)39-18-14-37(15-19-39)12-3-13-38-16-20-40(21-17-38)33-10-11-36-31-24-28(35)6-8-30(31)33/h4-11,23-24H,2-3,12-22H2,1H3. The number of fused-ring (bicyclic) bond motifs is 2. The molecule has 0 amide bonds. The lowest BCUT2D eigenvalue weighted by atomic mass is 9.98. The first-order valence-electron chi connectivity index (χ1n) is 14.7. The molecule has 0 saturated carbocycles. The Morgan fingerprint density at radius 3 is 2.15 bits per heavy atom. The van der Waals surface area contributed by atoms with Crippen molar-refractivity contribution >= 4 is 45.5 Å². The van der Waals surface area contributed by atoms with Crippen molar-refractivity contribution < 1.29 is 0 Å². The molecule has 1 aliphatic carbocycles. The van der Waals surface area contributed by atoms with Crippen LogP contribution in [0, 0.1) is 0 Å². The number of benzene rings is 2. The molecule has 5 nitrogen and oxygen atoms in total. The molecule has 210 valence electrons. The van der Waals surface area contributed by atoms with Crippen molar-refractivity contribution in [2.75, 3.05) is 70.3 Å². The van der Waals surface area contributed by atoms with Crippen LogP contribution in [0.5, 0.6) is 0 Å². The van der Waals surface area contributed by atoms with E-state index in [-0.39, 0.29) is 0 Å². The Hall–Kier alpha value is -2.57. The van der Waals surface area contributed by atoms with Crippen molar-refractivity contribution in [3.05, 3.63) is 87.6 Å². The first-order valence-corrected chi connectivity index (χ1v) is 15.5. The van der Waals surface area contributed by atoms with E-state index in [9.17, 15) is 0 Å². The maximum absolute atomic E-state index is 6.37. The molecular weight excluding hydrogens is 537 g/mol. The van der Waals surface area contributed by atoms with Gasteiger partial charge in [-0.15, -0.1) is 0 Å². The maximum Gasteiger partial charge on any atom is 0.0737 e. The van der Waals surface area contributed by atoms with Crippen molar-refractivity contribution in [3.8, 4) is 0 Å². The van der Waals surface area contributed by atoms with Crippen LogP contribution in [0.2, 0.25) is 10.0 Å². The second kappa shape index (κ2) is 12.5. The molecule has 3 aromatic rings. The third-order valence-electron chi connectivity index (χ3n) is 8.75. The number of nitrogens with zero attached hydrogens (tertiary/aromatic N) is 5. The molecule has 2 aromatic carbocycles. The average molecular weight is 577 g/mol. The van der Waals surface area contributed by atoms with Gasteiger partial charge in [-0.1, -0.05) is 47.8 Å². The molecule has 3 heterocycles. The fourth-order valence-corrected chi connectivity index (χ4v) is 6.75. The predicted octanol–water partition coefficient (Wildman–Crippen LogP) is 6.60. The number of halogens is 2. The summed E-state index contributed by atoms with van der Waals surface area (Å²) in [5, 5.41) is 2.76. The molecule has 0 atom stereocenters. The fourth-order valence-electron chi connectivity index (χ4n) is 6.39. The molecule has 0 unspecified atom stereocenters. The lowest BCUT2D eigenvalue weighted by Gasteiger charge is -2.39. The minimum atomic E-state index is 0.739. The third-order valence-corrected chi connectivity index (χ3v) is 9.22. The summed E-state index contributed by atoms with van der Waals surface area (Å²) >= 11 is 12.6. The Labute approximate surface area is 248 Å². The van der Waals surface area contributed by atoms with Gasteiger partial charge in [0.25, 0.3) is 0 Å². The van der Waals surface area contributed by atoms with Crippen molar-refractivity contribution in [2.45, 2.75) is 26.2 Å². The van der Waals surface area contributed by atoms with Crippen LogP contribution in [0.1, 0.15) is 30.9 Å². The van der Waals surface area contributed by atoms with Crippen molar-refractivity contribution in [1.82, 2.24) is 19.7 Å². The summed E-state index contributed by atoms with van der Waals surface area (Å²) in [5.74, 6) is 0. The summed E-state index contributed by atoms with van der Waals surface area (Å²) in [6, 6.07) is 14.6. The summed E-state index contributed by atoms with van der Waals surface area (Å²) in [7, 11) is 0. The van der Waals surface area contributed by atoms with Gasteiger partial charge in [0.1, 0.15) is 0 Å². The van der Waals surface area contributed by atoms with Crippen LogP contribution in [-0.4, -0.2) is 85.1 Å². The third kappa shape index (κ3) is 6.18. The van der Waals surface area contributed by atoms with Gasteiger partial charge in [-0.3, -0.25) is 14.8 Å². The van der Waals surface area contributed by atoms with Gasteiger partial charge in [-0.05, 0) is 80.4 Å². The summed E-state index contributed by atoms with van der Waals surface area (Å²) in [6.45, 7) is 13.3. The van der Waals surface area contributed by atoms with E-state index < -0.39 is 0 Å². The zero-order chi connectivity index (χ0) is 27.5. The summed E-state index contributed by atoms with van der Waals surface area (Å²) < 4.78 is 0. The van der Waals surface area contributed by atoms with Gasteiger partial charge in [-0.25, -0.2) is 0 Å². The van der Waals surface area contributed by atoms with Crippen LogP contribution in [0.15, 0.2) is 66.4 Å². The first-order chi connectivity index (χ1) is 19.6. The van der Waals surface area contributed by atoms with E-state index in [0.717, 1.165) is 80.8 Å². The number of rotatable bonds is 7.